The number of nitrogens with one attached hydrogen (secondary N) is 2. The fraction of sp³-hybridized carbons (Fsp3) is 0.611. The second-order valence-electron chi connectivity index (χ2n) is 6.02. The number of hydrogen-bond donors (Lipinski definition) is 2. The second kappa shape index (κ2) is 9.59. The van der Waals surface area contributed by atoms with Crippen LogP contribution in [0.25, 0.3) is 0 Å². The standard InChI is InChI=1S/C18H28N2O2/c1-15(17-6-3-2-4-7-17)22-13-5-11-20-18(21)9-8-16-10-12-19-14-16/h2-4,6-7,15-16,19H,5,8-14H2,1H3,(H,20,21). The molecule has 0 bridgehead atoms. The van der Waals surface area contributed by atoms with Crippen LogP contribution in [0.15, 0.2) is 30.3 Å². The highest BCUT2D eigenvalue weighted by molar-refractivity contribution is 5.75. The van der Waals surface area contributed by atoms with Crippen LogP contribution in [0.2, 0.25) is 0 Å². The zero-order valence-electron chi connectivity index (χ0n) is 13.5. The van der Waals surface area contributed by atoms with Crippen molar-refractivity contribution in [3.63, 3.8) is 0 Å². The maximum atomic E-state index is 11.7. The van der Waals surface area contributed by atoms with Crippen molar-refractivity contribution in [2.45, 2.75) is 38.7 Å². The fourth-order valence-electron chi connectivity index (χ4n) is 2.76. The van der Waals surface area contributed by atoms with E-state index in [-0.39, 0.29) is 12.0 Å². The van der Waals surface area contributed by atoms with E-state index in [4.69, 9.17) is 4.74 Å². The molecular weight excluding hydrogens is 276 g/mol. The van der Waals surface area contributed by atoms with Crippen molar-refractivity contribution in [1.82, 2.24) is 10.6 Å². The van der Waals surface area contributed by atoms with Crippen LogP contribution in [0, 0.1) is 5.92 Å². The molecule has 0 aliphatic carbocycles. The molecule has 0 saturated carbocycles. The van der Waals surface area contributed by atoms with Crippen LogP contribution in [-0.2, 0) is 9.53 Å². The van der Waals surface area contributed by atoms with Gasteiger partial charge in [0.1, 0.15) is 0 Å². The Morgan fingerprint density at radius 3 is 2.95 bits per heavy atom. The summed E-state index contributed by atoms with van der Waals surface area (Å²) >= 11 is 0. The Balaban J connectivity index is 1.49. The van der Waals surface area contributed by atoms with Crippen molar-refractivity contribution in [3.05, 3.63) is 35.9 Å². The van der Waals surface area contributed by atoms with Crippen molar-refractivity contribution in [2.24, 2.45) is 5.92 Å². The van der Waals surface area contributed by atoms with Gasteiger partial charge in [-0.25, -0.2) is 0 Å². The van der Waals surface area contributed by atoms with E-state index in [9.17, 15) is 4.79 Å². The van der Waals surface area contributed by atoms with E-state index in [0.29, 0.717) is 25.5 Å². The summed E-state index contributed by atoms with van der Waals surface area (Å²) in [5.41, 5.74) is 1.19. The minimum atomic E-state index is 0.103. The smallest absolute Gasteiger partial charge is 0.220 e. The Morgan fingerprint density at radius 1 is 1.41 bits per heavy atom. The van der Waals surface area contributed by atoms with Crippen molar-refractivity contribution < 1.29 is 9.53 Å². The van der Waals surface area contributed by atoms with Gasteiger partial charge >= 0.3 is 0 Å². The lowest BCUT2D eigenvalue weighted by Crippen LogP contribution is -2.25. The lowest BCUT2D eigenvalue weighted by Gasteiger charge is -2.13. The molecule has 4 heteroatoms. The molecule has 1 amide bonds. The molecule has 4 nitrogen and oxygen atoms in total. The molecule has 2 N–H and O–H groups in total. The van der Waals surface area contributed by atoms with Crippen LogP contribution in [0.3, 0.4) is 0 Å². The Morgan fingerprint density at radius 2 is 2.23 bits per heavy atom. The van der Waals surface area contributed by atoms with Crippen molar-refractivity contribution >= 4 is 5.91 Å². The van der Waals surface area contributed by atoms with Crippen LogP contribution in [0.4, 0.5) is 0 Å². The van der Waals surface area contributed by atoms with Gasteiger partial charge in [-0.2, -0.15) is 0 Å². The third-order valence-corrected chi connectivity index (χ3v) is 4.22. The van der Waals surface area contributed by atoms with Gasteiger partial charge < -0.3 is 15.4 Å². The molecule has 1 aliphatic heterocycles. The highest BCUT2D eigenvalue weighted by Gasteiger charge is 2.15. The number of rotatable bonds is 9. The number of carbonyl (C=O) groups excluding carboxylic acids is 1. The van der Waals surface area contributed by atoms with Gasteiger partial charge in [0.2, 0.25) is 5.91 Å². The van der Waals surface area contributed by atoms with E-state index in [2.05, 4.69) is 29.7 Å². The van der Waals surface area contributed by atoms with Gasteiger partial charge in [-0.3, -0.25) is 4.79 Å². The first kappa shape index (κ1) is 17.0. The van der Waals surface area contributed by atoms with E-state index < -0.39 is 0 Å². The summed E-state index contributed by atoms with van der Waals surface area (Å²) in [5.74, 6) is 0.851. The zero-order chi connectivity index (χ0) is 15.6. The van der Waals surface area contributed by atoms with Crippen LogP contribution in [0.5, 0.6) is 0 Å². The molecule has 2 atom stereocenters. The summed E-state index contributed by atoms with van der Waals surface area (Å²) in [6, 6.07) is 10.2. The molecule has 2 rings (SSSR count). The molecule has 0 aromatic heterocycles. The molecule has 1 fully saturated rings. The van der Waals surface area contributed by atoms with Gasteiger partial charge in [-0.1, -0.05) is 30.3 Å². The molecule has 1 heterocycles. The number of amides is 1. The van der Waals surface area contributed by atoms with Gasteiger partial charge in [0.25, 0.3) is 0 Å². The second-order valence-corrected chi connectivity index (χ2v) is 6.02. The zero-order valence-corrected chi connectivity index (χ0v) is 13.5. The first-order valence-corrected chi connectivity index (χ1v) is 8.39. The Kier molecular flexibility index (Phi) is 7.40. The molecular formula is C18H28N2O2. The molecule has 0 spiro atoms. The Bertz CT molecular complexity index is 430. The minimum Gasteiger partial charge on any atom is -0.374 e. The highest BCUT2D eigenvalue weighted by Crippen LogP contribution is 2.16. The summed E-state index contributed by atoms with van der Waals surface area (Å²) in [7, 11) is 0. The first-order valence-electron chi connectivity index (χ1n) is 8.39. The maximum absolute atomic E-state index is 11.7. The van der Waals surface area contributed by atoms with Gasteiger partial charge in [0, 0.05) is 19.6 Å². The van der Waals surface area contributed by atoms with Gasteiger partial charge in [-0.15, -0.1) is 0 Å². The van der Waals surface area contributed by atoms with Gasteiger partial charge in [0.15, 0.2) is 0 Å². The van der Waals surface area contributed by atoms with Crippen molar-refractivity contribution in [1.29, 1.82) is 0 Å². The van der Waals surface area contributed by atoms with E-state index in [1.54, 1.807) is 0 Å². The molecule has 122 valence electrons. The SMILES string of the molecule is CC(OCCCNC(=O)CCC1CCNC1)c1ccccc1. The average Bonchev–Trinajstić information content (AvgIpc) is 3.06. The van der Waals surface area contributed by atoms with Gasteiger partial charge in [-0.05, 0) is 50.8 Å². The molecule has 1 aromatic rings. The summed E-state index contributed by atoms with van der Waals surface area (Å²) in [6.07, 6.45) is 3.81. The third-order valence-electron chi connectivity index (χ3n) is 4.22. The Hall–Kier alpha value is -1.39. The summed E-state index contributed by atoms with van der Waals surface area (Å²) < 4.78 is 5.79. The quantitative estimate of drug-likeness (QED) is 0.690. The van der Waals surface area contributed by atoms with Crippen LogP contribution in [-0.4, -0.2) is 32.1 Å². The summed E-state index contributed by atoms with van der Waals surface area (Å²) in [6.45, 7) is 5.59. The molecule has 1 saturated heterocycles. The predicted molar refractivity (Wildman–Crippen MR) is 88.6 cm³/mol. The van der Waals surface area contributed by atoms with E-state index in [1.165, 1.54) is 12.0 Å². The van der Waals surface area contributed by atoms with E-state index in [0.717, 1.165) is 25.9 Å². The first-order chi connectivity index (χ1) is 10.8. The van der Waals surface area contributed by atoms with E-state index >= 15 is 0 Å². The summed E-state index contributed by atoms with van der Waals surface area (Å²) in [4.78, 5) is 11.7. The lowest BCUT2D eigenvalue weighted by atomic mass is 10.0. The molecule has 22 heavy (non-hydrogen) atoms. The fourth-order valence-corrected chi connectivity index (χ4v) is 2.76. The van der Waals surface area contributed by atoms with Crippen molar-refractivity contribution in [2.75, 3.05) is 26.2 Å². The molecule has 0 radical (unpaired) electrons. The van der Waals surface area contributed by atoms with Crippen LogP contribution >= 0.6 is 0 Å². The topological polar surface area (TPSA) is 50.4 Å². The van der Waals surface area contributed by atoms with Crippen molar-refractivity contribution in [3.8, 4) is 0 Å². The largest absolute Gasteiger partial charge is 0.374 e. The predicted octanol–water partition coefficient (Wildman–Crippen LogP) is 2.66. The van der Waals surface area contributed by atoms with Gasteiger partial charge in [0.05, 0.1) is 6.10 Å². The minimum absolute atomic E-state index is 0.103. The normalized spacial score (nSPS) is 19.0. The Labute approximate surface area is 133 Å². The molecule has 1 aliphatic rings. The lowest BCUT2D eigenvalue weighted by molar-refractivity contribution is -0.121. The highest BCUT2D eigenvalue weighted by atomic mass is 16.5. The molecule has 2 unspecified atom stereocenters. The monoisotopic (exact) mass is 304 g/mol. The molecule has 1 aromatic carbocycles. The average molecular weight is 304 g/mol. The third kappa shape index (κ3) is 6.16. The number of carbonyl (C=O) groups is 1. The van der Waals surface area contributed by atoms with Crippen LogP contribution < -0.4 is 10.6 Å². The van der Waals surface area contributed by atoms with E-state index in [1.807, 2.05) is 18.2 Å². The summed E-state index contributed by atoms with van der Waals surface area (Å²) in [5, 5.41) is 6.31. The van der Waals surface area contributed by atoms with Crippen LogP contribution in [0.1, 0.15) is 44.3 Å². The maximum Gasteiger partial charge on any atom is 0.220 e. The number of benzene rings is 1. The number of ether oxygens (including phenoxy) is 1. The number of hydrogen-bond acceptors (Lipinski definition) is 3.